The first-order valence-corrected chi connectivity index (χ1v) is 9.09. The molecule has 1 fully saturated rings. The molecular formula is C19H13F2NO3S2. The largest absolute Gasteiger partial charge is 0.481 e. The fourth-order valence-electron chi connectivity index (χ4n) is 2.58. The van der Waals surface area contributed by atoms with E-state index in [1.807, 2.05) is 0 Å². The standard InChI is InChI=1S/C19H13F2NO3S2/c20-14-8-13(9-15(21)10-14)12-3-1-2-11(6-12)7-16-18(25)22(19(26)27-16)5-4-17(23)24/h1-3,6-10H,4-5H2,(H,23,24)/b16-7-. The van der Waals surface area contributed by atoms with E-state index in [1.54, 1.807) is 30.3 Å². The summed E-state index contributed by atoms with van der Waals surface area (Å²) < 4.78 is 27.2. The lowest BCUT2D eigenvalue weighted by Crippen LogP contribution is -2.30. The van der Waals surface area contributed by atoms with Crippen LogP contribution in [0.4, 0.5) is 8.78 Å². The molecule has 0 spiro atoms. The van der Waals surface area contributed by atoms with E-state index in [0.717, 1.165) is 17.8 Å². The fourth-order valence-corrected chi connectivity index (χ4v) is 3.89. The molecule has 0 radical (unpaired) electrons. The molecule has 1 aliphatic heterocycles. The summed E-state index contributed by atoms with van der Waals surface area (Å²) in [5.74, 6) is -2.71. The first-order chi connectivity index (χ1) is 12.8. The van der Waals surface area contributed by atoms with Crippen LogP contribution in [-0.2, 0) is 9.59 Å². The van der Waals surface area contributed by atoms with Crippen LogP contribution in [0.5, 0.6) is 0 Å². The van der Waals surface area contributed by atoms with E-state index >= 15 is 0 Å². The summed E-state index contributed by atoms with van der Waals surface area (Å²) in [5, 5.41) is 8.77. The Bertz CT molecular complexity index is 955. The second-order valence-corrected chi connectivity index (χ2v) is 7.44. The summed E-state index contributed by atoms with van der Waals surface area (Å²) in [5.41, 5.74) is 1.65. The molecule has 8 heteroatoms. The van der Waals surface area contributed by atoms with Crippen LogP contribution in [0.2, 0.25) is 0 Å². The highest BCUT2D eigenvalue weighted by Gasteiger charge is 2.32. The molecule has 0 aromatic heterocycles. The minimum atomic E-state index is -1.01. The Labute approximate surface area is 163 Å². The fraction of sp³-hybridized carbons (Fsp3) is 0.105. The van der Waals surface area contributed by atoms with Gasteiger partial charge in [-0.25, -0.2) is 8.78 Å². The van der Waals surface area contributed by atoms with E-state index < -0.39 is 17.6 Å². The van der Waals surface area contributed by atoms with E-state index in [0.29, 0.717) is 25.9 Å². The Morgan fingerprint density at radius 3 is 2.52 bits per heavy atom. The van der Waals surface area contributed by atoms with Crippen LogP contribution in [0, 0.1) is 11.6 Å². The summed E-state index contributed by atoms with van der Waals surface area (Å²) in [6.07, 6.45) is 1.43. The zero-order valence-corrected chi connectivity index (χ0v) is 15.4. The number of hydrogen-bond acceptors (Lipinski definition) is 4. The third kappa shape index (κ3) is 4.58. The van der Waals surface area contributed by atoms with E-state index in [9.17, 15) is 18.4 Å². The molecule has 27 heavy (non-hydrogen) atoms. The molecule has 0 atom stereocenters. The van der Waals surface area contributed by atoms with E-state index in [-0.39, 0.29) is 18.9 Å². The van der Waals surface area contributed by atoms with Gasteiger partial charge in [-0.15, -0.1) is 0 Å². The Hall–Kier alpha value is -2.58. The predicted octanol–water partition coefficient (Wildman–Crippen LogP) is 4.31. The SMILES string of the molecule is O=C(O)CCN1C(=O)/C(=C/c2cccc(-c3cc(F)cc(F)c3)c2)SC1=S. The number of thioether (sulfide) groups is 1. The molecule has 2 aromatic carbocycles. The number of thiocarbonyl (C=S) groups is 1. The highest BCUT2D eigenvalue weighted by molar-refractivity contribution is 8.26. The number of rotatable bonds is 5. The molecule has 1 aliphatic rings. The van der Waals surface area contributed by atoms with Crippen molar-refractivity contribution in [1.29, 1.82) is 0 Å². The van der Waals surface area contributed by atoms with Crippen molar-refractivity contribution in [3.63, 3.8) is 0 Å². The predicted molar refractivity (Wildman–Crippen MR) is 104 cm³/mol. The molecule has 1 amide bonds. The molecule has 0 bridgehead atoms. The van der Waals surface area contributed by atoms with Crippen molar-refractivity contribution in [3.8, 4) is 11.1 Å². The third-order valence-corrected chi connectivity index (χ3v) is 5.18. The minimum absolute atomic E-state index is 0.0138. The number of carbonyl (C=O) groups is 2. The highest BCUT2D eigenvalue weighted by Crippen LogP contribution is 2.33. The van der Waals surface area contributed by atoms with Gasteiger partial charge in [0.25, 0.3) is 5.91 Å². The minimum Gasteiger partial charge on any atom is -0.481 e. The topological polar surface area (TPSA) is 57.6 Å². The van der Waals surface area contributed by atoms with Gasteiger partial charge in [0, 0.05) is 12.6 Å². The molecule has 3 rings (SSSR count). The number of halogens is 2. The number of hydrogen-bond donors (Lipinski definition) is 1. The third-order valence-electron chi connectivity index (χ3n) is 3.80. The number of nitrogens with zero attached hydrogens (tertiary/aromatic N) is 1. The van der Waals surface area contributed by atoms with Gasteiger partial charge in [-0.1, -0.05) is 42.2 Å². The zero-order valence-electron chi connectivity index (χ0n) is 13.8. The molecule has 0 saturated carbocycles. The first kappa shape index (κ1) is 19.2. The lowest BCUT2D eigenvalue weighted by Gasteiger charge is -2.12. The highest BCUT2D eigenvalue weighted by atomic mass is 32.2. The van der Waals surface area contributed by atoms with Gasteiger partial charge in [-0.2, -0.15) is 0 Å². The van der Waals surface area contributed by atoms with Crippen LogP contribution in [-0.4, -0.2) is 32.7 Å². The van der Waals surface area contributed by atoms with Crippen molar-refractivity contribution < 1.29 is 23.5 Å². The van der Waals surface area contributed by atoms with Crippen LogP contribution in [0.15, 0.2) is 47.4 Å². The van der Waals surface area contributed by atoms with Crippen LogP contribution in [0.1, 0.15) is 12.0 Å². The van der Waals surface area contributed by atoms with E-state index in [1.165, 1.54) is 17.0 Å². The number of amides is 1. The van der Waals surface area contributed by atoms with Crippen molar-refractivity contribution in [2.24, 2.45) is 0 Å². The van der Waals surface area contributed by atoms with Gasteiger partial charge in [-0.3, -0.25) is 14.5 Å². The molecule has 138 valence electrons. The lowest BCUT2D eigenvalue weighted by atomic mass is 10.0. The van der Waals surface area contributed by atoms with Crippen molar-refractivity contribution in [3.05, 3.63) is 64.6 Å². The average Bonchev–Trinajstić information content (AvgIpc) is 2.86. The second kappa shape index (κ2) is 7.98. The van der Waals surface area contributed by atoms with Crippen LogP contribution >= 0.6 is 24.0 Å². The summed E-state index contributed by atoms with van der Waals surface area (Å²) in [6, 6.07) is 10.1. The number of benzene rings is 2. The summed E-state index contributed by atoms with van der Waals surface area (Å²) in [7, 11) is 0. The van der Waals surface area contributed by atoms with Crippen LogP contribution in [0.25, 0.3) is 17.2 Å². The number of carbonyl (C=O) groups excluding carboxylic acids is 1. The van der Waals surface area contributed by atoms with Crippen molar-refractivity contribution in [1.82, 2.24) is 4.90 Å². The molecule has 1 saturated heterocycles. The Balaban J connectivity index is 1.86. The van der Waals surface area contributed by atoms with E-state index in [4.69, 9.17) is 17.3 Å². The number of carboxylic acids is 1. The maximum atomic E-state index is 13.4. The van der Waals surface area contributed by atoms with Crippen LogP contribution < -0.4 is 0 Å². The molecule has 4 nitrogen and oxygen atoms in total. The maximum Gasteiger partial charge on any atom is 0.305 e. The first-order valence-electron chi connectivity index (χ1n) is 7.87. The number of aliphatic carboxylic acids is 1. The van der Waals surface area contributed by atoms with E-state index in [2.05, 4.69) is 0 Å². The molecule has 1 N–H and O–H groups in total. The molecular weight excluding hydrogens is 392 g/mol. The van der Waals surface area contributed by atoms with Gasteiger partial charge >= 0.3 is 5.97 Å². The quantitative estimate of drug-likeness (QED) is 0.594. The maximum absolute atomic E-state index is 13.4. The van der Waals surface area contributed by atoms with Crippen molar-refractivity contribution in [2.45, 2.75) is 6.42 Å². The smallest absolute Gasteiger partial charge is 0.305 e. The summed E-state index contributed by atoms with van der Waals surface area (Å²) in [4.78, 5) is 24.8. The Morgan fingerprint density at radius 2 is 1.85 bits per heavy atom. The lowest BCUT2D eigenvalue weighted by molar-refractivity contribution is -0.137. The van der Waals surface area contributed by atoms with Gasteiger partial charge in [0.1, 0.15) is 16.0 Å². The molecule has 0 unspecified atom stereocenters. The van der Waals surface area contributed by atoms with Crippen molar-refractivity contribution in [2.75, 3.05) is 6.54 Å². The molecule has 0 aliphatic carbocycles. The second-order valence-electron chi connectivity index (χ2n) is 5.76. The monoisotopic (exact) mass is 405 g/mol. The van der Waals surface area contributed by atoms with Crippen LogP contribution in [0.3, 0.4) is 0 Å². The Morgan fingerprint density at radius 1 is 1.15 bits per heavy atom. The van der Waals surface area contributed by atoms with Gasteiger partial charge in [0.15, 0.2) is 0 Å². The number of carboxylic acid groups (broad SMARTS) is 1. The zero-order chi connectivity index (χ0) is 19.6. The Kier molecular flexibility index (Phi) is 5.67. The molecule has 2 aromatic rings. The van der Waals surface area contributed by atoms with Crippen molar-refractivity contribution >= 4 is 46.3 Å². The average molecular weight is 405 g/mol. The van der Waals surface area contributed by atoms with Gasteiger partial charge in [0.2, 0.25) is 0 Å². The van der Waals surface area contributed by atoms with Gasteiger partial charge in [-0.05, 0) is 41.0 Å². The van der Waals surface area contributed by atoms with Gasteiger partial charge < -0.3 is 5.11 Å². The summed E-state index contributed by atoms with van der Waals surface area (Å²) >= 11 is 6.24. The molecule has 1 heterocycles. The summed E-state index contributed by atoms with van der Waals surface area (Å²) in [6.45, 7) is 0.0138. The van der Waals surface area contributed by atoms with Gasteiger partial charge in [0.05, 0.1) is 11.3 Å². The normalized spacial score (nSPS) is 15.6.